The first kappa shape index (κ1) is 28.3. The Labute approximate surface area is 209 Å². The lowest BCUT2D eigenvalue weighted by atomic mass is 10.1. The monoisotopic (exact) mass is 561 g/mol. The van der Waals surface area contributed by atoms with E-state index in [1.54, 1.807) is 0 Å². The van der Waals surface area contributed by atoms with Crippen LogP contribution in [0.2, 0.25) is 0 Å². The zero-order valence-electron chi connectivity index (χ0n) is 20.3. The first-order chi connectivity index (χ1) is 14.7. The van der Waals surface area contributed by atoms with Gasteiger partial charge >= 0.3 is 0 Å². The standard InChI is InChI=1S/C23H39N5O3.HI/c1-7-28(8-2)17(3)15-24-22(25-16-21(29)27-23(4,5)6)26-18-10-11-19-20(14-18)31-13-9-12-30-19;/h10-11,14,17H,7-9,12-13,15-16H2,1-6H3,(H,27,29)(H2,24,25,26);1H. The Bertz CT molecular complexity index is 748. The van der Waals surface area contributed by atoms with Gasteiger partial charge in [0.1, 0.15) is 6.54 Å². The number of ether oxygens (including phenoxy) is 2. The molecule has 1 aromatic rings. The molecular weight excluding hydrogens is 521 g/mol. The minimum Gasteiger partial charge on any atom is -0.490 e. The van der Waals surface area contributed by atoms with Crippen LogP contribution >= 0.6 is 24.0 Å². The van der Waals surface area contributed by atoms with E-state index in [9.17, 15) is 4.79 Å². The fourth-order valence-electron chi connectivity index (χ4n) is 3.35. The molecule has 1 atom stereocenters. The fourth-order valence-corrected chi connectivity index (χ4v) is 3.35. The van der Waals surface area contributed by atoms with Gasteiger partial charge in [-0.2, -0.15) is 0 Å². The van der Waals surface area contributed by atoms with Gasteiger partial charge in [-0.1, -0.05) is 13.8 Å². The summed E-state index contributed by atoms with van der Waals surface area (Å²) in [6.45, 7) is 16.3. The van der Waals surface area contributed by atoms with Gasteiger partial charge in [0.25, 0.3) is 0 Å². The number of anilines is 1. The van der Waals surface area contributed by atoms with Crippen molar-refractivity contribution >= 4 is 41.5 Å². The maximum atomic E-state index is 12.3. The number of amides is 1. The van der Waals surface area contributed by atoms with Crippen molar-refractivity contribution in [3.8, 4) is 11.5 Å². The number of carbonyl (C=O) groups excluding carboxylic acids is 1. The highest BCUT2D eigenvalue weighted by Crippen LogP contribution is 2.32. The van der Waals surface area contributed by atoms with E-state index in [1.165, 1.54) is 0 Å². The molecule has 182 valence electrons. The maximum absolute atomic E-state index is 12.3. The van der Waals surface area contributed by atoms with Crippen LogP contribution in [-0.4, -0.2) is 67.7 Å². The summed E-state index contributed by atoms with van der Waals surface area (Å²) in [4.78, 5) is 19.1. The Morgan fingerprint density at radius 1 is 1.16 bits per heavy atom. The van der Waals surface area contributed by atoms with Crippen molar-refractivity contribution in [3.05, 3.63) is 18.2 Å². The molecule has 0 aromatic heterocycles. The SMILES string of the molecule is CCN(CC)C(C)CNC(=NCC(=O)NC(C)(C)C)Nc1ccc2c(c1)OCCCO2.I. The van der Waals surface area contributed by atoms with Crippen LogP contribution in [0.4, 0.5) is 5.69 Å². The second kappa shape index (κ2) is 13.7. The third-order valence-corrected chi connectivity index (χ3v) is 4.91. The number of guanidine groups is 1. The topological polar surface area (TPSA) is 87.2 Å². The summed E-state index contributed by atoms with van der Waals surface area (Å²) in [6, 6.07) is 6.05. The van der Waals surface area contributed by atoms with Crippen LogP contribution in [0, 0.1) is 0 Å². The highest BCUT2D eigenvalue weighted by Gasteiger charge is 2.16. The van der Waals surface area contributed by atoms with Crippen LogP contribution in [-0.2, 0) is 4.79 Å². The van der Waals surface area contributed by atoms with Gasteiger partial charge in [0.2, 0.25) is 5.91 Å². The van der Waals surface area contributed by atoms with E-state index < -0.39 is 0 Å². The predicted octanol–water partition coefficient (Wildman–Crippen LogP) is 3.47. The van der Waals surface area contributed by atoms with Crippen LogP contribution in [0.1, 0.15) is 48.0 Å². The smallest absolute Gasteiger partial charge is 0.242 e. The summed E-state index contributed by atoms with van der Waals surface area (Å²) in [5.41, 5.74) is 0.529. The minimum atomic E-state index is -0.292. The van der Waals surface area contributed by atoms with Gasteiger partial charge in [-0.05, 0) is 52.9 Å². The fraction of sp³-hybridized carbons (Fsp3) is 0.652. The Morgan fingerprint density at radius 3 is 2.44 bits per heavy atom. The molecule has 1 aliphatic heterocycles. The van der Waals surface area contributed by atoms with Crippen LogP contribution < -0.4 is 25.4 Å². The minimum absolute atomic E-state index is 0. The van der Waals surface area contributed by atoms with Gasteiger partial charge in [0.05, 0.1) is 13.2 Å². The highest BCUT2D eigenvalue weighted by molar-refractivity contribution is 14.0. The number of nitrogens with one attached hydrogen (secondary N) is 3. The number of nitrogens with zero attached hydrogens (tertiary/aromatic N) is 2. The molecule has 1 heterocycles. The summed E-state index contributed by atoms with van der Waals surface area (Å²) in [5, 5.41) is 9.62. The molecule has 0 fully saturated rings. The zero-order valence-corrected chi connectivity index (χ0v) is 22.6. The van der Waals surface area contributed by atoms with E-state index in [-0.39, 0.29) is 42.0 Å². The molecule has 0 radical (unpaired) electrons. The first-order valence-electron chi connectivity index (χ1n) is 11.2. The van der Waals surface area contributed by atoms with Crippen molar-refractivity contribution in [2.45, 2.75) is 59.5 Å². The number of fused-ring (bicyclic) bond motifs is 1. The molecule has 2 rings (SSSR count). The van der Waals surface area contributed by atoms with Gasteiger partial charge in [-0.3, -0.25) is 9.69 Å². The van der Waals surface area contributed by atoms with Crippen molar-refractivity contribution in [3.63, 3.8) is 0 Å². The number of aliphatic imine (C=N–C) groups is 1. The average molecular weight is 562 g/mol. The van der Waals surface area contributed by atoms with Crippen molar-refractivity contribution in [1.29, 1.82) is 0 Å². The second-order valence-electron chi connectivity index (χ2n) is 8.75. The van der Waals surface area contributed by atoms with Gasteiger partial charge in [0.15, 0.2) is 17.5 Å². The number of carbonyl (C=O) groups is 1. The lowest BCUT2D eigenvalue weighted by molar-refractivity contribution is -0.121. The van der Waals surface area contributed by atoms with E-state index in [4.69, 9.17) is 9.47 Å². The molecule has 1 aromatic carbocycles. The van der Waals surface area contributed by atoms with Crippen LogP contribution in [0.5, 0.6) is 11.5 Å². The molecule has 0 aliphatic carbocycles. The highest BCUT2D eigenvalue weighted by atomic mass is 127. The number of benzene rings is 1. The molecule has 8 nitrogen and oxygen atoms in total. The second-order valence-corrected chi connectivity index (χ2v) is 8.75. The Kier molecular flexibility index (Phi) is 12.1. The average Bonchev–Trinajstić information content (AvgIpc) is 2.94. The molecule has 9 heteroatoms. The lowest BCUT2D eigenvalue weighted by Crippen LogP contribution is -2.45. The number of hydrogen-bond acceptors (Lipinski definition) is 5. The van der Waals surface area contributed by atoms with Crippen LogP contribution in [0.25, 0.3) is 0 Å². The first-order valence-corrected chi connectivity index (χ1v) is 11.2. The summed E-state index contributed by atoms with van der Waals surface area (Å²) in [7, 11) is 0. The summed E-state index contributed by atoms with van der Waals surface area (Å²) < 4.78 is 11.5. The zero-order chi connectivity index (χ0) is 22.9. The van der Waals surface area contributed by atoms with E-state index in [0.29, 0.717) is 37.5 Å². The number of hydrogen-bond donors (Lipinski definition) is 3. The predicted molar refractivity (Wildman–Crippen MR) is 142 cm³/mol. The molecule has 1 amide bonds. The maximum Gasteiger partial charge on any atom is 0.242 e. The molecular formula is C23H40IN5O3. The van der Waals surface area contributed by atoms with Gasteiger partial charge in [0, 0.05) is 36.3 Å². The van der Waals surface area contributed by atoms with Crippen molar-refractivity contribution < 1.29 is 14.3 Å². The molecule has 1 unspecified atom stereocenters. The van der Waals surface area contributed by atoms with E-state index in [1.807, 2.05) is 39.0 Å². The van der Waals surface area contributed by atoms with Crippen LogP contribution in [0.15, 0.2) is 23.2 Å². The molecule has 0 saturated heterocycles. The van der Waals surface area contributed by atoms with E-state index in [2.05, 4.69) is 46.6 Å². The summed E-state index contributed by atoms with van der Waals surface area (Å²) in [5.74, 6) is 1.89. The normalized spacial score (nSPS) is 14.8. The molecule has 0 bridgehead atoms. The number of rotatable bonds is 8. The van der Waals surface area contributed by atoms with Crippen LogP contribution in [0.3, 0.4) is 0 Å². The lowest BCUT2D eigenvalue weighted by Gasteiger charge is -2.27. The summed E-state index contributed by atoms with van der Waals surface area (Å²) >= 11 is 0. The van der Waals surface area contributed by atoms with Gasteiger partial charge in [-0.25, -0.2) is 4.99 Å². The van der Waals surface area contributed by atoms with E-state index >= 15 is 0 Å². The third kappa shape index (κ3) is 9.81. The number of likely N-dealkylation sites (N-methyl/N-ethyl adjacent to an activating group) is 1. The molecule has 1 aliphatic rings. The largest absolute Gasteiger partial charge is 0.490 e. The molecule has 0 spiro atoms. The Hall–Kier alpha value is -1.75. The molecule has 3 N–H and O–H groups in total. The number of halogens is 1. The Morgan fingerprint density at radius 2 is 1.81 bits per heavy atom. The van der Waals surface area contributed by atoms with Crippen molar-refractivity contribution in [2.24, 2.45) is 4.99 Å². The Balaban J connectivity index is 0.00000512. The molecule has 0 saturated carbocycles. The van der Waals surface area contributed by atoms with Crippen molar-refractivity contribution in [2.75, 3.05) is 44.7 Å². The molecule has 32 heavy (non-hydrogen) atoms. The third-order valence-electron chi connectivity index (χ3n) is 4.91. The van der Waals surface area contributed by atoms with E-state index in [0.717, 1.165) is 30.9 Å². The summed E-state index contributed by atoms with van der Waals surface area (Å²) in [6.07, 6.45) is 0.859. The quantitative estimate of drug-likeness (QED) is 0.256. The van der Waals surface area contributed by atoms with Gasteiger partial charge in [-0.15, -0.1) is 24.0 Å². The van der Waals surface area contributed by atoms with Crippen molar-refractivity contribution in [1.82, 2.24) is 15.5 Å². The van der Waals surface area contributed by atoms with Gasteiger partial charge < -0.3 is 25.4 Å².